The topological polar surface area (TPSA) is 8.29 Å². The Labute approximate surface area is 183 Å². The van der Waals surface area contributed by atoms with E-state index in [9.17, 15) is 0 Å². The molecular formula is C29H29N2+. The van der Waals surface area contributed by atoms with Gasteiger partial charge in [-0.2, -0.15) is 4.57 Å². The van der Waals surface area contributed by atoms with E-state index in [1.165, 1.54) is 65.7 Å². The van der Waals surface area contributed by atoms with Crippen molar-refractivity contribution in [2.45, 2.75) is 41.0 Å². The molecule has 3 heterocycles. The van der Waals surface area contributed by atoms with Crippen LogP contribution in [0.25, 0.3) is 49.0 Å². The number of pyridine rings is 2. The number of aromatic nitrogens is 2. The van der Waals surface area contributed by atoms with Gasteiger partial charge >= 0.3 is 0 Å². The molecule has 6 aromatic rings. The van der Waals surface area contributed by atoms with Gasteiger partial charge in [-0.3, -0.25) is 0 Å². The van der Waals surface area contributed by atoms with Gasteiger partial charge < -0.3 is 4.40 Å². The van der Waals surface area contributed by atoms with E-state index in [4.69, 9.17) is 0 Å². The van der Waals surface area contributed by atoms with E-state index in [-0.39, 0.29) is 5.41 Å². The minimum absolute atomic E-state index is 0.272. The van der Waals surface area contributed by atoms with Crippen LogP contribution in [-0.2, 0) is 13.5 Å². The molecule has 0 radical (unpaired) electrons. The predicted molar refractivity (Wildman–Crippen MR) is 132 cm³/mol. The third-order valence-corrected chi connectivity index (χ3v) is 6.87. The third-order valence-electron chi connectivity index (χ3n) is 6.87. The summed E-state index contributed by atoms with van der Waals surface area (Å²) in [7, 11) is 2.18. The molecule has 0 spiro atoms. The van der Waals surface area contributed by atoms with Crippen molar-refractivity contribution < 1.29 is 4.57 Å². The van der Waals surface area contributed by atoms with Crippen molar-refractivity contribution >= 4 is 49.0 Å². The molecule has 0 atom stereocenters. The second-order valence-electron chi connectivity index (χ2n) is 10.5. The van der Waals surface area contributed by atoms with Gasteiger partial charge in [0.15, 0.2) is 6.20 Å². The van der Waals surface area contributed by atoms with E-state index in [1.807, 2.05) is 0 Å². The Morgan fingerprint density at radius 3 is 2.39 bits per heavy atom. The van der Waals surface area contributed by atoms with Crippen molar-refractivity contribution in [3.8, 4) is 0 Å². The Balaban J connectivity index is 1.92. The molecule has 0 bridgehead atoms. The summed E-state index contributed by atoms with van der Waals surface area (Å²) in [5, 5.41) is 6.83. The van der Waals surface area contributed by atoms with Crippen molar-refractivity contribution in [3.05, 3.63) is 71.4 Å². The van der Waals surface area contributed by atoms with Gasteiger partial charge in [-0.1, -0.05) is 45.0 Å². The van der Waals surface area contributed by atoms with Gasteiger partial charge in [-0.25, -0.2) is 0 Å². The minimum Gasteiger partial charge on any atom is -0.303 e. The van der Waals surface area contributed by atoms with E-state index in [0.717, 1.165) is 6.42 Å². The SMILES string of the molecule is Cc1cc(C)c2c3c1cccc3n1c3ccc(CC(C)(C)C)cc3c3cc[n+](C)c2c31. The fraction of sp³-hybridized carbons (Fsp3) is 0.276. The second kappa shape index (κ2) is 5.97. The number of benzene rings is 3. The summed E-state index contributed by atoms with van der Waals surface area (Å²) in [6.07, 6.45) is 3.31. The molecule has 0 aliphatic carbocycles. The maximum absolute atomic E-state index is 2.51. The highest BCUT2D eigenvalue weighted by Gasteiger charge is 2.25. The number of hydrogen-bond acceptors (Lipinski definition) is 0. The van der Waals surface area contributed by atoms with Crippen molar-refractivity contribution in [1.82, 2.24) is 4.40 Å². The lowest BCUT2D eigenvalue weighted by Crippen LogP contribution is -2.29. The first-order chi connectivity index (χ1) is 14.7. The number of hydrogen-bond donors (Lipinski definition) is 0. The standard InChI is InChI=1S/C29H29N2/c1-17-14-18(2)25-26-20(17)8-7-9-24(26)31-23-11-10-19(16-29(3,4)5)15-22(23)21-12-13-30(6)28(25)27(21)31/h7-15H,16H2,1-6H3/q+1. The summed E-state index contributed by atoms with van der Waals surface area (Å²) in [4.78, 5) is 0. The smallest absolute Gasteiger partial charge is 0.238 e. The van der Waals surface area contributed by atoms with Crippen molar-refractivity contribution in [3.63, 3.8) is 0 Å². The molecule has 154 valence electrons. The highest BCUT2D eigenvalue weighted by molar-refractivity contribution is 6.26. The molecule has 0 saturated heterocycles. The molecule has 0 amide bonds. The van der Waals surface area contributed by atoms with E-state index in [2.05, 4.69) is 105 Å². The zero-order valence-corrected chi connectivity index (χ0v) is 19.3. The van der Waals surface area contributed by atoms with Crippen LogP contribution in [0.1, 0.15) is 37.5 Å². The number of rotatable bonds is 1. The molecule has 3 aromatic carbocycles. The molecule has 31 heavy (non-hydrogen) atoms. The zero-order chi connectivity index (χ0) is 21.7. The van der Waals surface area contributed by atoms with Gasteiger partial charge in [0.25, 0.3) is 0 Å². The average molecular weight is 406 g/mol. The first-order valence-electron chi connectivity index (χ1n) is 11.2. The van der Waals surface area contributed by atoms with Gasteiger partial charge in [0.1, 0.15) is 12.6 Å². The van der Waals surface area contributed by atoms with Crippen LogP contribution in [0.4, 0.5) is 0 Å². The monoisotopic (exact) mass is 405 g/mol. The van der Waals surface area contributed by atoms with Crippen LogP contribution in [0.15, 0.2) is 54.7 Å². The van der Waals surface area contributed by atoms with Crippen LogP contribution < -0.4 is 4.57 Å². The molecule has 3 aromatic heterocycles. The lowest BCUT2D eigenvalue weighted by Gasteiger charge is -2.18. The normalized spacial score (nSPS) is 13.0. The van der Waals surface area contributed by atoms with Gasteiger partial charge in [-0.05, 0) is 66.0 Å². The highest BCUT2D eigenvalue weighted by atomic mass is 15.0. The van der Waals surface area contributed by atoms with Crippen molar-refractivity contribution in [1.29, 1.82) is 0 Å². The summed E-state index contributed by atoms with van der Waals surface area (Å²) in [6, 6.07) is 18.5. The highest BCUT2D eigenvalue weighted by Crippen LogP contribution is 2.41. The fourth-order valence-corrected chi connectivity index (χ4v) is 5.75. The Bertz CT molecular complexity index is 1660. The summed E-state index contributed by atoms with van der Waals surface area (Å²) < 4.78 is 4.82. The van der Waals surface area contributed by atoms with Crippen LogP contribution in [-0.4, -0.2) is 4.40 Å². The van der Waals surface area contributed by atoms with Gasteiger partial charge in [0.2, 0.25) is 5.52 Å². The molecule has 0 unspecified atom stereocenters. The molecule has 0 N–H and O–H groups in total. The minimum atomic E-state index is 0.272. The maximum atomic E-state index is 2.51. The van der Waals surface area contributed by atoms with Crippen molar-refractivity contribution in [2.75, 3.05) is 0 Å². The summed E-state index contributed by atoms with van der Waals surface area (Å²) in [5.41, 5.74) is 9.65. The van der Waals surface area contributed by atoms with E-state index < -0.39 is 0 Å². The molecule has 0 fully saturated rings. The van der Waals surface area contributed by atoms with Crippen LogP contribution in [0, 0.1) is 19.3 Å². The Hall–Kier alpha value is -3.13. The van der Waals surface area contributed by atoms with Gasteiger partial charge in [-0.15, -0.1) is 0 Å². The fourth-order valence-electron chi connectivity index (χ4n) is 5.75. The van der Waals surface area contributed by atoms with Crippen molar-refractivity contribution in [2.24, 2.45) is 12.5 Å². The largest absolute Gasteiger partial charge is 0.303 e. The van der Waals surface area contributed by atoms with E-state index in [1.54, 1.807) is 0 Å². The number of aryl methyl sites for hydroxylation is 3. The summed E-state index contributed by atoms with van der Waals surface area (Å²) in [6.45, 7) is 11.4. The Morgan fingerprint density at radius 1 is 0.806 bits per heavy atom. The molecule has 0 saturated carbocycles. The maximum Gasteiger partial charge on any atom is 0.238 e. The van der Waals surface area contributed by atoms with Crippen LogP contribution >= 0.6 is 0 Å². The average Bonchev–Trinajstić information content (AvgIpc) is 3.02. The second-order valence-corrected chi connectivity index (χ2v) is 10.5. The number of fused-ring (bicyclic) bond motifs is 5. The molecule has 0 aliphatic rings. The molecule has 0 aliphatic heterocycles. The van der Waals surface area contributed by atoms with Gasteiger partial charge in [0, 0.05) is 22.2 Å². The molecule has 6 rings (SSSR count). The molecule has 2 heteroatoms. The van der Waals surface area contributed by atoms with Crippen LogP contribution in [0.2, 0.25) is 0 Å². The molecule has 2 nitrogen and oxygen atoms in total. The van der Waals surface area contributed by atoms with E-state index >= 15 is 0 Å². The lowest BCUT2D eigenvalue weighted by atomic mass is 9.88. The first kappa shape index (κ1) is 18.6. The summed E-state index contributed by atoms with van der Waals surface area (Å²) in [5.74, 6) is 0. The quantitative estimate of drug-likeness (QED) is 0.158. The summed E-state index contributed by atoms with van der Waals surface area (Å²) >= 11 is 0. The van der Waals surface area contributed by atoms with E-state index in [0.29, 0.717) is 0 Å². The lowest BCUT2D eigenvalue weighted by molar-refractivity contribution is -0.644. The van der Waals surface area contributed by atoms with Crippen LogP contribution in [0.3, 0.4) is 0 Å². The predicted octanol–water partition coefficient (Wildman–Crippen LogP) is 7.02. The van der Waals surface area contributed by atoms with Gasteiger partial charge in [0.05, 0.1) is 16.4 Å². The van der Waals surface area contributed by atoms with Crippen LogP contribution in [0.5, 0.6) is 0 Å². The Morgan fingerprint density at radius 2 is 1.61 bits per heavy atom. The molecular weight excluding hydrogens is 376 g/mol. The zero-order valence-electron chi connectivity index (χ0n) is 19.3. The first-order valence-corrected chi connectivity index (χ1v) is 11.2. The number of nitrogens with zero attached hydrogens (tertiary/aromatic N) is 2. The Kier molecular flexibility index (Phi) is 3.59. The third kappa shape index (κ3) is 2.48.